The first-order valence-electron chi connectivity index (χ1n) is 4.59. The number of hydrogen-bond donors (Lipinski definition) is 0. The van der Waals surface area contributed by atoms with Crippen LogP contribution >= 0.6 is 11.6 Å². The van der Waals surface area contributed by atoms with Crippen LogP contribution in [-0.4, -0.2) is 12.1 Å². The summed E-state index contributed by atoms with van der Waals surface area (Å²) in [5.41, 5.74) is 0.338. The maximum atomic E-state index is 13.6. The van der Waals surface area contributed by atoms with Crippen molar-refractivity contribution in [3.63, 3.8) is 0 Å². The normalized spacial score (nSPS) is 10.4. The predicted octanol–water partition coefficient (Wildman–Crippen LogP) is 3.23. The highest BCUT2D eigenvalue weighted by molar-refractivity contribution is 6.16. The summed E-state index contributed by atoms with van der Waals surface area (Å²) >= 11 is 5.55. The van der Waals surface area contributed by atoms with Crippen LogP contribution in [0.4, 0.5) is 4.39 Å². The molecule has 0 unspecified atom stereocenters. The zero-order valence-corrected chi connectivity index (χ0v) is 9.29. The van der Waals surface area contributed by atoms with Crippen molar-refractivity contribution in [1.82, 2.24) is 4.98 Å². The molecule has 0 bridgehead atoms. The highest BCUT2D eigenvalue weighted by atomic mass is 35.5. The van der Waals surface area contributed by atoms with Crippen molar-refractivity contribution >= 4 is 11.6 Å². The van der Waals surface area contributed by atoms with Crippen molar-refractivity contribution in [3.05, 3.63) is 36.1 Å². The third-order valence-electron chi connectivity index (χ3n) is 2.11. The van der Waals surface area contributed by atoms with Crippen molar-refractivity contribution in [1.29, 1.82) is 0 Å². The molecule has 1 heterocycles. The molecule has 0 amide bonds. The van der Waals surface area contributed by atoms with E-state index in [1.165, 1.54) is 19.4 Å². The Hall–Kier alpha value is -1.55. The lowest BCUT2D eigenvalue weighted by Gasteiger charge is -2.02. The average Bonchev–Trinajstić information content (AvgIpc) is 2.77. The Balaban J connectivity index is 2.40. The van der Waals surface area contributed by atoms with Crippen LogP contribution in [0.3, 0.4) is 0 Å². The second-order valence-electron chi connectivity index (χ2n) is 3.10. The number of hydrogen-bond acceptors (Lipinski definition) is 3. The number of halogens is 2. The van der Waals surface area contributed by atoms with Crippen molar-refractivity contribution < 1.29 is 13.5 Å². The summed E-state index contributed by atoms with van der Waals surface area (Å²) in [6.45, 7) is 0. The molecule has 0 fully saturated rings. The number of rotatable bonds is 3. The van der Waals surface area contributed by atoms with E-state index in [2.05, 4.69) is 4.98 Å². The molecule has 0 saturated carbocycles. The summed E-state index contributed by atoms with van der Waals surface area (Å²) in [4.78, 5) is 3.90. The Morgan fingerprint density at radius 3 is 2.88 bits per heavy atom. The van der Waals surface area contributed by atoms with Crippen LogP contribution in [-0.2, 0) is 5.88 Å². The Kier molecular flexibility index (Phi) is 3.10. The molecule has 2 aromatic rings. The molecule has 2 rings (SSSR count). The van der Waals surface area contributed by atoms with E-state index < -0.39 is 5.82 Å². The van der Waals surface area contributed by atoms with Gasteiger partial charge in [0.25, 0.3) is 0 Å². The molecule has 0 aliphatic carbocycles. The van der Waals surface area contributed by atoms with Crippen LogP contribution in [0.15, 0.2) is 28.8 Å². The third kappa shape index (κ3) is 2.02. The van der Waals surface area contributed by atoms with Gasteiger partial charge in [-0.3, -0.25) is 0 Å². The fourth-order valence-electron chi connectivity index (χ4n) is 1.32. The Morgan fingerprint density at radius 2 is 2.31 bits per heavy atom. The van der Waals surface area contributed by atoms with Gasteiger partial charge in [0.05, 0.1) is 24.8 Å². The van der Waals surface area contributed by atoms with Crippen LogP contribution in [0, 0.1) is 5.82 Å². The van der Waals surface area contributed by atoms with Gasteiger partial charge >= 0.3 is 0 Å². The maximum Gasteiger partial charge on any atom is 0.209 e. The van der Waals surface area contributed by atoms with Crippen molar-refractivity contribution in [2.75, 3.05) is 7.11 Å². The summed E-state index contributed by atoms with van der Waals surface area (Å²) in [5, 5.41) is 0. The van der Waals surface area contributed by atoms with E-state index in [4.69, 9.17) is 20.8 Å². The van der Waals surface area contributed by atoms with Crippen LogP contribution < -0.4 is 4.74 Å². The quantitative estimate of drug-likeness (QED) is 0.774. The number of alkyl halides is 1. The lowest BCUT2D eigenvalue weighted by Crippen LogP contribution is -1.86. The van der Waals surface area contributed by atoms with Crippen molar-refractivity contribution in [2.24, 2.45) is 0 Å². The number of benzene rings is 1. The zero-order valence-electron chi connectivity index (χ0n) is 8.54. The molecular weight excluding hydrogens is 233 g/mol. The van der Waals surface area contributed by atoms with Gasteiger partial charge in [-0.1, -0.05) is 0 Å². The Labute approximate surface area is 96.8 Å². The highest BCUT2D eigenvalue weighted by Gasteiger charge is 2.11. The summed E-state index contributed by atoms with van der Waals surface area (Å²) in [6.07, 6.45) is 1.45. The first-order chi connectivity index (χ1) is 7.74. The summed E-state index contributed by atoms with van der Waals surface area (Å²) in [5.74, 6) is 0.926. The highest BCUT2D eigenvalue weighted by Crippen LogP contribution is 2.26. The molecule has 16 heavy (non-hydrogen) atoms. The van der Waals surface area contributed by atoms with Gasteiger partial charge in [-0.05, 0) is 12.1 Å². The summed E-state index contributed by atoms with van der Waals surface area (Å²) in [6, 6.07) is 4.52. The van der Waals surface area contributed by atoms with Crippen LogP contribution in [0.1, 0.15) is 5.89 Å². The van der Waals surface area contributed by atoms with Gasteiger partial charge in [-0.2, -0.15) is 0 Å². The molecule has 1 aromatic carbocycles. The SMILES string of the molecule is COc1ccc(-c2cnc(CCl)o2)c(F)c1. The number of nitrogens with zero attached hydrogens (tertiary/aromatic N) is 1. The van der Waals surface area contributed by atoms with E-state index in [9.17, 15) is 4.39 Å². The largest absolute Gasteiger partial charge is 0.497 e. The number of aromatic nitrogens is 1. The molecule has 0 N–H and O–H groups in total. The average molecular weight is 242 g/mol. The second kappa shape index (κ2) is 4.53. The number of ether oxygens (including phenoxy) is 1. The zero-order chi connectivity index (χ0) is 11.5. The molecule has 5 heteroatoms. The third-order valence-corrected chi connectivity index (χ3v) is 2.34. The van der Waals surface area contributed by atoms with E-state index in [-0.39, 0.29) is 5.88 Å². The van der Waals surface area contributed by atoms with Gasteiger partial charge in [0.1, 0.15) is 11.6 Å². The maximum absolute atomic E-state index is 13.6. The van der Waals surface area contributed by atoms with E-state index in [0.717, 1.165) is 0 Å². The molecule has 0 spiro atoms. The van der Waals surface area contributed by atoms with Gasteiger partial charge in [0.15, 0.2) is 5.76 Å². The fraction of sp³-hybridized carbons (Fsp3) is 0.182. The minimum absolute atomic E-state index is 0.164. The molecule has 0 aliphatic rings. The summed E-state index contributed by atoms with van der Waals surface area (Å²) in [7, 11) is 1.48. The van der Waals surface area contributed by atoms with E-state index in [0.29, 0.717) is 23.0 Å². The minimum Gasteiger partial charge on any atom is -0.497 e. The van der Waals surface area contributed by atoms with Crippen LogP contribution in [0.5, 0.6) is 5.75 Å². The molecule has 84 valence electrons. The lowest BCUT2D eigenvalue weighted by atomic mass is 10.1. The van der Waals surface area contributed by atoms with Gasteiger partial charge in [-0.15, -0.1) is 11.6 Å². The molecule has 0 atom stereocenters. The van der Waals surface area contributed by atoms with E-state index in [1.807, 2.05) is 0 Å². The standard InChI is InChI=1S/C11H9ClFNO2/c1-15-7-2-3-8(9(13)4-7)10-6-14-11(5-12)16-10/h2-4,6H,5H2,1H3. The van der Waals surface area contributed by atoms with E-state index >= 15 is 0 Å². The molecule has 3 nitrogen and oxygen atoms in total. The number of methoxy groups -OCH3 is 1. The smallest absolute Gasteiger partial charge is 0.209 e. The summed E-state index contributed by atoms with van der Waals surface area (Å²) < 4.78 is 23.8. The molecule has 0 radical (unpaired) electrons. The van der Waals surface area contributed by atoms with E-state index in [1.54, 1.807) is 12.1 Å². The van der Waals surface area contributed by atoms with Gasteiger partial charge in [-0.25, -0.2) is 9.37 Å². The monoisotopic (exact) mass is 241 g/mol. The predicted molar refractivity (Wildman–Crippen MR) is 58.0 cm³/mol. The molecular formula is C11H9ClFNO2. The minimum atomic E-state index is -0.420. The van der Waals surface area contributed by atoms with Crippen molar-refractivity contribution in [2.45, 2.75) is 5.88 Å². The lowest BCUT2D eigenvalue weighted by molar-refractivity contribution is 0.411. The topological polar surface area (TPSA) is 35.3 Å². The Bertz CT molecular complexity index is 498. The Morgan fingerprint density at radius 1 is 1.50 bits per heavy atom. The van der Waals surface area contributed by atoms with Gasteiger partial charge in [0.2, 0.25) is 5.89 Å². The molecule has 1 aromatic heterocycles. The molecule has 0 aliphatic heterocycles. The molecule has 0 saturated heterocycles. The van der Waals surface area contributed by atoms with Crippen LogP contribution in [0.2, 0.25) is 0 Å². The van der Waals surface area contributed by atoms with Crippen molar-refractivity contribution in [3.8, 4) is 17.1 Å². The first kappa shape index (κ1) is 11.0. The first-order valence-corrected chi connectivity index (χ1v) is 5.12. The second-order valence-corrected chi connectivity index (χ2v) is 3.36. The van der Waals surface area contributed by atoms with Gasteiger partial charge < -0.3 is 9.15 Å². The fourth-order valence-corrected chi connectivity index (χ4v) is 1.44. The van der Waals surface area contributed by atoms with Crippen LogP contribution in [0.25, 0.3) is 11.3 Å². The number of oxazole rings is 1. The van der Waals surface area contributed by atoms with Gasteiger partial charge in [0, 0.05) is 6.07 Å².